The SMILES string of the molecule is COCCCOCCOCC(CS)C(C)C. The maximum Gasteiger partial charge on any atom is 0.0700 e. The number of thiol groups is 1. The normalized spacial score (nSPS) is 13.3. The van der Waals surface area contributed by atoms with Crippen LogP contribution in [0.3, 0.4) is 0 Å². The minimum absolute atomic E-state index is 0.539. The van der Waals surface area contributed by atoms with Crippen LogP contribution in [0.25, 0.3) is 0 Å². The molecule has 0 aromatic carbocycles. The third-order valence-electron chi connectivity index (χ3n) is 2.52. The predicted molar refractivity (Wildman–Crippen MR) is 70.3 cm³/mol. The fourth-order valence-corrected chi connectivity index (χ4v) is 1.74. The first kappa shape index (κ1) is 16.2. The average Bonchev–Trinajstić information content (AvgIpc) is 2.26. The van der Waals surface area contributed by atoms with E-state index in [1.807, 2.05) is 0 Å². The highest BCUT2D eigenvalue weighted by atomic mass is 32.1. The number of hydrogen-bond acceptors (Lipinski definition) is 4. The van der Waals surface area contributed by atoms with Crippen molar-refractivity contribution in [2.75, 3.05) is 45.9 Å². The zero-order chi connectivity index (χ0) is 12.2. The van der Waals surface area contributed by atoms with Crippen LogP contribution in [0, 0.1) is 11.8 Å². The molecule has 0 radical (unpaired) electrons. The molecule has 0 saturated carbocycles. The van der Waals surface area contributed by atoms with E-state index >= 15 is 0 Å². The number of hydrogen-bond donors (Lipinski definition) is 1. The minimum Gasteiger partial charge on any atom is -0.385 e. The van der Waals surface area contributed by atoms with Crippen molar-refractivity contribution in [1.82, 2.24) is 0 Å². The molecule has 0 aromatic rings. The summed E-state index contributed by atoms with van der Waals surface area (Å²) < 4.78 is 15.9. The summed E-state index contributed by atoms with van der Waals surface area (Å²) in [6.45, 7) is 8.03. The Balaban J connectivity index is 3.19. The van der Waals surface area contributed by atoms with E-state index < -0.39 is 0 Å². The quantitative estimate of drug-likeness (QED) is 0.450. The van der Waals surface area contributed by atoms with Gasteiger partial charge in [0, 0.05) is 20.3 Å². The van der Waals surface area contributed by atoms with E-state index in [-0.39, 0.29) is 0 Å². The Labute approximate surface area is 105 Å². The molecule has 0 fully saturated rings. The Kier molecular flexibility index (Phi) is 11.9. The fourth-order valence-electron chi connectivity index (χ4n) is 1.22. The van der Waals surface area contributed by atoms with E-state index in [9.17, 15) is 0 Å². The second kappa shape index (κ2) is 11.7. The van der Waals surface area contributed by atoms with Crippen LogP contribution in [0.2, 0.25) is 0 Å². The standard InChI is InChI=1S/C12H26O3S/c1-11(2)12(10-16)9-15-8-7-14-6-4-5-13-3/h11-12,16H,4-10H2,1-3H3. The Morgan fingerprint density at radius 3 is 2.25 bits per heavy atom. The second-order valence-corrected chi connectivity index (χ2v) is 4.59. The summed E-state index contributed by atoms with van der Waals surface area (Å²) in [5, 5.41) is 0. The molecule has 16 heavy (non-hydrogen) atoms. The van der Waals surface area contributed by atoms with Gasteiger partial charge in [0.25, 0.3) is 0 Å². The lowest BCUT2D eigenvalue weighted by Crippen LogP contribution is -2.19. The van der Waals surface area contributed by atoms with Gasteiger partial charge in [-0.1, -0.05) is 13.8 Å². The Morgan fingerprint density at radius 1 is 1.00 bits per heavy atom. The number of rotatable bonds is 11. The van der Waals surface area contributed by atoms with Gasteiger partial charge in [-0.25, -0.2) is 0 Å². The van der Waals surface area contributed by atoms with E-state index in [2.05, 4.69) is 26.5 Å². The third-order valence-corrected chi connectivity index (χ3v) is 2.99. The van der Waals surface area contributed by atoms with Crippen molar-refractivity contribution in [3.63, 3.8) is 0 Å². The average molecular weight is 250 g/mol. The first-order chi connectivity index (χ1) is 7.72. The summed E-state index contributed by atoms with van der Waals surface area (Å²) in [6.07, 6.45) is 0.946. The molecule has 0 aliphatic heterocycles. The second-order valence-electron chi connectivity index (χ2n) is 4.22. The lowest BCUT2D eigenvalue weighted by Gasteiger charge is -2.18. The van der Waals surface area contributed by atoms with Crippen molar-refractivity contribution in [3.05, 3.63) is 0 Å². The molecule has 0 spiro atoms. The van der Waals surface area contributed by atoms with Crippen molar-refractivity contribution in [2.45, 2.75) is 20.3 Å². The highest BCUT2D eigenvalue weighted by Gasteiger charge is 2.10. The zero-order valence-corrected chi connectivity index (χ0v) is 11.7. The lowest BCUT2D eigenvalue weighted by atomic mass is 9.99. The van der Waals surface area contributed by atoms with Gasteiger partial charge < -0.3 is 14.2 Å². The van der Waals surface area contributed by atoms with Crippen LogP contribution in [0.15, 0.2) is 0 Å². The predicted octanol–water partition coefficient (Wildman–Crippen LogP) is 2.26. The number of methoxy groups -OCH3 is 1. The summed E-state index contributed by atoms with van der Waals surface area (Å²) in [6, 6.07) is 0. The minimum atomic E-state index is 0.539. The summed E-state index contributed by atoms with van der Waals surface area (Å²) in [7, 11) is 1.70. The molecule has 1 atom stereocenters. The van der Waals surface area contributed by atoms with Crippen molar-refractivity contribution in [3.8, 4) is 0 Å². The van der Waals surface area contributed by atoms with Gasteiger partial charge in [0.05, 0.1) is 19.8 Å². The summed E-state index contributed by atoms with van der Waals surface area (Å²) >= 11 is 4.31. The van der Waals surface area contributed by atoms with Gasteiger partial charge in [-0.3, -0.25) is 0 Å². The van der Waals surface area contributed by atoms with Crippen LogP contribution < -0.4 is 0 Å². The van der Waals surface area contributed by atoms with Gasteiger partial charge in [0.2, 0.25) is 0 Å². The molecule has 3 nitrogen and oxygen atoms in total. The Hall–Kier alpha value is 0.230. The molecule has 0 aliphatic rings. The topological polar surface area (TPSA) is 27.7 Å². The molecule has 0 rings (SSSR count). The molecule has 0 bridgehead atoms. The largest absolute Gasteiger partial charge is 0.385 e. The molecule has 4 heteroatoms. The van der Waals surface area contributed by atoms with Crippen LogP contribution in [-0.4, -0.2) is 45.9 Å². The smallest absolute Gasteiger partial charge is 0.0700 e. The number of ether oxygens (including phenoxy) is 3. The molecule has 0 saturated heterocycles. The van der Waals surface area contributed by atoms with Crippen molar-refractivity contribution >= 4 is 12.6 Å². The summed E-state index contributed by atoms with van der Waals surface area (Å²) in [5.41, 5.74) is 0. The van der Waals surface area contributed by atoms with Crippen LogP contribution in [0.5, 0.6) is 0 Å². The summed E-state index contributed by atoms with van der Waals surface area (Å²) in [4.78, 5) is 0. The molecule has 0 heterocycles. The maximum atomic E-state index is 5.55. The Morgan fingerprint density at radius 2 is 1.69 bits per heavy atom. The monoisotopic (exact) mass is 250 g/mol. The van der Waals surface area contributed by atoms with Gasteiger partial charge in [0.1, 0.15) is 0 Å². The zero-order valence-electron chi connectivity index (χ0n) is 10.8. The van der Waals surface area contributed by atoms with Gasteiger partial charge in [-0.05, 0) is 24.0 Å². The Bertz CT molecular complexity index is 142. The van der Waals surface area contributed by atoms with Gasteiger partial charge in [-0.15, -0.1) is 0 Å². The molecule has 0 aliphatic carbocycles. The van der Waals surface area contributed by atoms with E-state index in [1.54, 1.807) is 7.11 Å². The van der Waals surface area contributed by atoms with Gasteiger partial charge >= 0.3 is 0 Å². The highest BCUT2D eigenvalue weighted by molar-refractivity contribution is 7.80. The van der Waals surface area contributed by atoms with Crippen molar-refractivity contribution in [1.29, 1.82) is 0 Å². The summed E-state index contributed by atoms with van der Waals surface area (Å²) in [5.74, 6) is 2.05. The molecule has 98 valence electrons. The van der Waals surface area contributed by atoms with E-state index in [0.29, 0.717) is 25.0 Å². The highest BCUT2D eigenvalue weighted by Crippen LogP contribution is 2.12. The van der Waals surface area contributed by atoms with Crippen molar-refractivity contribution < 1.29 is 14.2 Å². The van der Waals surface area contributed by atoms with Gasteiger partial charge in [0.15, 0.2) is 0 Å². The van der Waals surface area contributed by atoms with Crippen LogP contribution in [0.1, 0.15) is 20.3 Å². The molecule has 0 amide bonds. The molecular formula is C12H26O3S. The van der Waals surface area contributed by atoms with E-state index in [4.69, 9.17) is 14.2 Å². The van der Waals surface area contributed by atoms with Gasteiger partial charge in [-0.2, -0.15) is 12.6 Å². The maximum absolute atomic E-state index is 5.55. The molecular weight excluding hydrogens is 224 g/mol. The van der Waals surface area contributed by atoms with E-state index in [1.165, 1.54) is 0 Å². The molecule has 0 aromatic heterocycles. The van der Waals surface area contributed by atoms with E-state index in [0.717, 1.165) is 32.0 Å². The first-order valence-corrected chi connectivity index (χ1v) is 6.60. The van der Waals surface area contributed by atoms with Crippen LogP contribution >= 0.6 is 12.6 Å². The molecule has 0 N–H and O–H groups in total. The van der Waals surface area contributed by atoms with Crippen molar-refractivity contribution in [2.24, 2.45) is 11.8 Å². The lowest BCUT2D eigenvalue weighted by molar-refractivity contribution is 0.0249. The third kappa shape index (κ3) is 9.46. The van der Waals surface area contributed by atoms with Crippen LogP contribution in [0.4, 0.5) is 0 Å². The fraction of sp³-hybridized carbons (Fsp3) is 1.00. The van der Waals surface area contributed by atoms with Crippen LogP contribution in [-0.2, 0) is 14.2 Å². The first-order valence-electron chi connectivity index (χ1n) is 5.97. The molecule has 1 unspecified atom stereocenters.